The van der Waals surface area contributed by atoms with E-state index in [-0.39, 0.29) is 23.6 Å². The molecule has 172 valence electrons. The Morgan fingerprint density at radius 2 is 1.82 bits per heavy atom. The molecule has 5 rings (SSSR count). The van der Waals surface area contributed by atoms with Crippen LogP contribution in [0.1, 0.15) is 40.5 Å². The Hall–Kier alpha value is -3.49. The number of methoxy groups -OCH3 is 2. The largest absolute Gasteiger partial charge is 0.493 e. The van der Waals surface area contributed by atoms with Crippen molar-refractivity contribution in [2.45, 2.75) is 31.3 Å². The second-order valence-corrected chi connectivity index (χ2v) is 8.29. The molecule has 0 unspecified atom stereocenters. The van der Waals surface area contributed by atoms with Gasteiger partial charge in [0.1, 0.15) is 0 Å². The molecule has 1 fully saturated rings. The number of nitrogens with zero attached hydrogens (tertiary/aromatic N) is 3. The van der Waals surface area contributed by atoms with Gasteiger partial charge in [0.2, 0.25) is 0 Å². The van der Waals surface area contributed by atoms with Gasteiger partial charge in [0.15, 0.2) is 29.0 Å². The van der Waals surface area contributed by atoms with Crippen LogP contribution in [0, 0.1) is 17.5 Å². The van der Waals surface area contributed by atoms with Crippen LogP contribution >= 0.6 is 0 Å². The van der Waals surface area contributed by atoms with E-state index in [1.807, 2.05) is 4.90 Å². The van der Waals surface area contributed by atoms with Gasteiger partial charge in [-0.3, -0.25) is 9.48 Å². The minimum absolute atomic E-state index is 0.107. The number of ether oxygens (including phenoxy) is 2. The van der Waals surface area contributed by atoms with Crippen LogP contribution in [-0.2, 0) is 13.5 Å². The van der Waals surface area contributed by atoms with Crippen molar-refractivity contribution in [2.75, 3.05) is 14.2 Å². The van der Waals surface area contributed by atoms with Crippen molar-refractivity contribution in [1.29, 1.82) is 0 Å². The predicted octanol–water partition coefficient (Wildman–Crippen LogP) is 4.42. The molecular weight excluding hydrogens is 435 g/mol. The Bertz CT molecular complexity index is 1250. The minimum atomic E-state index is -1.50. The van der Waals surface area contributed by atoms with Gasteiger partial charge in [0, 0.05) is 24.2 Å². The highest BCUT2D eigenvalue weighted by molar-refractivity contribution is 5.98. The Labute approximate surface area is 188 Å². The number of hydrogen-bond acceptors (Lipinski definition) is 4. The van der Waals surface area contributed by atoms with Gasteiger partial charge in [-0.1, -0.05) is 6.07 Å². The normalized spacial score (nSPS) is 18.9. The summed E-state index contributed by atoms with van der Waals surface area (Å²) in [5, 5.41) is 4.62. The average molecular weight is 457 g/mol. The van der Waals surface area contributed by atoms with Crippen LogP contribution in [0.15, 0.2) is 30.3 Å². The van der Waals surface area contributed by atoms with E-state index >= 15 is 0 Å². The molecule has 9 heteroatoms. The third-order valence-electron chi connectivity index (χ3n) is 6.56. The van der Waals surface area contributed by atoms with E-state index in [0.29, 0.717) is 34.9 Å². The van der Waals surface area contributed by atoms with E-state index in [4.69, 9.17) is 9.47 Å². The number of carbonyl (C=O) groups excluding carboxylic acids is 1. The quantitative estimate of drug-likeness (QED) is 0.545. The third kappa shape index (κ3) is 3.17. The van der Waals surface area contributed by atoms with Crippen molar-refractivity contribution < 1.29 is 27.4 Å². The number of para-hydroxylation sites is 1. The summed E-state index contributed by atoms with van der Waals surface area (Å²) in [7, 11) is 4.68. The third-order valence-corrected chi connectivity index (χ3v) is 6.56. The van der Waals surface area contributed by atoms with Crippen molar-refractivity contribution in [3.63, 3.8) is 0 Å². The van der Waals surface area contributed by atoms with Gasteiger partial charge >= 0.3 is 0 Å². The van der Waals surface area contributed by atoms with Crippen molar-refractivity contribution in [2.24, 2.45) is 7.05 Å². The lowest BCUT2D eigenvalue weighted by molar-refractivity contribution is 0.0638. The maximum absolute atomic E-state index is 13.9. The first-order valence-corrected chi connectivity index (χ1v) is 10.6. The summed E-state index contributed by atoms with van der Waals surface area (Å²) in [4.78, 5) is 15.4. The van der Waals surface area contributed by atoms with Crippen molar-refractivity contribution in [3.05, 3.63) is 64.6 Å². The monoisotopic (exact) mass is 457 g/mol. The summed E-state index contributed by atoms with van der Waals surface area (Å²) in [6.07, 6.45) is 1.97. The number of rotatable bonds is 4. The van der Waals surface area contributed by atoms with Gasteiger partial charge in [-0.15, -0.1) is 0 Å². The van der Waals surface area contributed by atoms with E-state index < -0.39 is 17.5 Å². The van der Waals surface area contributed by atoms with Gasteiger partial charge in [0.05, 0.1) is 37.2 Å². The second kappa shape index (κ2) is 7.83. The molecule has 2 aliphatic heterocycles. The molecule has 2 bridgehead atoms. The molecule has 2 aliphatic rings. The molecule has 3 heterocycles. The number of aromatic nitrogens is 2. The highest BCUT2D eigenvalue weighted by Gasteiger charge is 2.46. The number of halogens is 3. The maximum atomic E-state index is 13.9. The maximum Gasteiger partial charge on any atom is 0.258 e. The van der Waals surface area contributed by atoms with Crippen molar-refractivity contribution in [1.82, 2.24) is 14.7 Å². The molecule has 33 heavy (non-hydrogen) atoms. The lowest BCUT2D eigenvalue weighted by Crippen LogP contribution is -2.42. The summed E-state index contributed by atoms with van der Waals surface area (Å²) in [5.41, 5.74) is 2.68. The molecule has 0 radical (unpaired) electrons. The van der Waals surface area contributed by atoms with Crippen LogP contribution in [-0.4, -0.2) is 40.8 Å². The summed E-state index contributed by atoms with van der Waals surface area (Å²) < 4.78 is 53.7. The van der Waals surface area contributed by atoms with Crippen LogP contribution in [0.2, 0.25) is 0 Å². The fourth-order valence-electron chi connectivity index (χ4n) is 5.20. The lowest BCUT2D eigenvalue weighted by atomic mass is 9.94. The van der Waals surface area contributed by atoms with Gasteiger partial charge in [0.25, 0.3) is 5.91 Å². The molecule has 1 aromatic heterocycles. The predicted molar refractivity (Wildman–Crippen MR) is 114 cm³/mol. The number of fused-ring (bicyclic) bond motifs is 4. The molecule has 0 spiro atoms. The van der Waals surface area contributed by atoms with E-state index in [0.717, 1.165) is 30.5 Å². The summed E-state index contributed by atoms with van der Waals surface area (Å²) in [6, 6.07) is 6.74. The van der Waals surface area contributed by atoms with Crippen molar-refractivity contribution in [3.8, 4) is 22.8 Å². The molecule has 0 aliphatic carbocycles. The Balaban J connectivity index is 1.57. The Morgan fingerprint density at radius 1 is 1.09 bits per heavy atom. The molecule has 2 aromatic carbocycles. The summed E-state index contributed by atoms with van der Waals surface area (Å²) in [5.74, 6) is -3.35. The summed E-state index contributed by atoms with van der Waals surface area (Å²) in [6.45, 7) is 0. The fourth-order valence-corrected chi connectivity index (χ4v) is 5.20. The summed E-state index contributed by atoms with van der Waals surface area (Å²) >= 11 is 0. The van der Waals surface area contributed by atoms with Crippen LogP contribution in [0.25, 0.3) is 11.3 Å². The Kier molecular flexibility index (Phi) is 5.07. The zero-order valence-electron chi connectivity index (χ0n) is 18.4. The fraction of sp³-hybridized carbons (Fsp3) is 0.333. The number of carbonyl (C=O) groups is 1. The second-order valence-electron chi connectivity index (χ2n) is 8.29. The SMILES string of the molecule is COc1cccc(C(=O)N2[C@@H]3CC[C@H]2c2nn(C)c(-c4cc(F)c(F)c(F)c4)c2C3)c1OC. The van der Waals surface area contributed by atoms with Crippen LogP contribution in [0.5, 0.6) is 11.5 Å². The van der Waals surface area contributed by atoms with E-state index in [2.05, 4.69) is 5.10 Å². The van der Waals surface area contributed by atoms with Crippen LogP contribution in [0.4, 0.5) is 13.2 Å². The molecule has 1 saturated heterocycles. The number of hydrogen-bond donors (Lipinski definition) is 0. The molecule has 3 aromatic rings. The van der Waals surface area contributed by atoms with Gasteiger partial charge in [-0.05, 0) is 43.5 Å². The van der Waals surface area contributed by atoms with Crippen LogP contribution < -0.4 is 9.47 Å². The van der Waals surface area contributed by atoms with Crippen LogP contribution in [0.3, 0.4) is 0 Å². The topological polar surface area (TPSA) is 56.6 Å². The zero-order chi connectivity index (χ0) is 23.4. The molecular formula is C24H22F3N3O3. The van der Waals surface area contributed by atoms with Gasteiger partial charge in [-0.2, -0.15) is 5.10 Å². The highest BCUT2D eigenvalue weighted by Crippen LogP contribution is 2.47. The molecule has 0 N–H and O–H groups in total. The van der Waals surface area contributed by atoms with E-state index in [9.17, 15) is 18.0 Å². The Morgan fingerprint density at radius 3 is 2.48 bits per heavy atom. The molecule has 2 atom stereocenters. The highest BCUT2D eigenvalue weighted by atomic mass is 19.2. The van der Waals surface area contributed by atoms with Gasteiger partial charge < -0.3 is 14.4 Å². The standard InChI is InChI=1S/C24H22F3N3O3/c1-29-22(12-9-16(25)20(27)17(26)10-12)15-11-13-7-8-18(21(15)28-29)30(13)24(31)14-5-4-6-19(32-2)23(14)33-3/h4-6,9-10,13,18H,7-8,11H2,1-3H3/t13-,18+/m1/s1. The molecule has 0 saturated carbocycles. The smallest absolute Gasteiger partial charge is 0.258 e. The van der Waals surface area contributed by atoms with Gasteiger partial charge in [-0.25, -0.2) is 13.2 Å². The van der Waals surface area contributed by atoms with E-state index in [1.54, 1.807) is 29.9 Å². The molecule has 6 nitrogen and oxygen atoms in total. The molecule has 1 amide bonds. The number of benzene rings is 2. The first kappa shape index (κ1) is 21.4. The zero-order valence-corrected chi connectivity index (χ0v) is 18.4. The number of aryl methyl sites for hydroxylation is 1. The van der Waals surface area contributed by atoms with E-state index in [1.165, 1.54) is 14.2 Å². The first-order valence-electron chi connectivity index (χ1n) is 10.6. The van der Waals surface area contributed by atoms with Crippen molar-refractivity contribution >= 4 is 5.91 Å². The lowest BCUT2D eigenvalue weighted by Gasteiger charge is -2.34. The first-order chi connectivity index (χ1) is 15.8. The average Bonchev–Trinajstić information content (AvgIpc) is 3.32. The minimum Gasteiger partial charge on any atom is -0.493 e. The number of amides is 1.